The second-order valence-electron chi connectivity index (χ2n) is 3.21. The number of hydrogen-bond donors (Lipinski definition) is 0. The van der Waals surface area contributed by atoms with Crippen molar-refractivity contribution in [1.82, 2.24) is 0 Å². The van der Waals surface area contributed by atoms with Gasteiger partial charge in [-0.25, -0.2) is 0 Å². The van der Waals surface area contributed by atoms with Crippen LogP contribution in [0.1, 0.15) is 29.5 Å². The maximum Gasteiger partial charge on any atom is 0.0994 e. The highest BCUT2D eigenvalue weighted by Crippen LogP contribution is 2.19. The molecule has 13 heavy (non-hydrogen) atoms. The zero-order valence-electron chi connectivity index (χ0n) is 8.04. The van der Waals surface area contributed by atoms with Crippen LogP contribution in [0.3, 0.4) is 0 Å². The minimum absolute atomic E-state index is 0.313. The lowest BCUT2D eigenvalue weighted by Gasteiger charge is -2.07. The molecule has 0 saturated carbocycles. The third-order valence-corrected chi connectivity index (χ3v) is 2.26. The van der Waals surface area contributed by atoms with Gasteiger partial charge in [0.25, 0.3) is 0 Å². The SMILES string of the molecule is C=CC(C)c1ccc(C)c(C#N)c1. The Labute approximate surface area is 79.3 Å². The molecule has 1 atom stereocenters. The lowest BCUT2D eigenvalue weighted by Crippen LogP contribution is -1.91. The molecule has 1 nitrogen and oxygen atoms in total. The van der Waals surface area contributed by atoms with Gasteiger partial charge in [-0.2, -0.15) is 5.26 Å². The van der Waals surface area contributed by atoms with E-state index in [0.717, 1.165) is 16.7 Å². The highest BCUT2D eigenvalue weighted by atomic mass is 14.2. The fourth-order valence-corrected chi connectivity index (χ4v) is 1.18. The van der Waals surface area contributed by atoms with Gasteiger partial charge in [0.2, 0.25) is 0 Å². The van der Waals surface area contributed by atoms with Crippen LogP contribution in [0.2, 0.25) is 0 Å². The van der Waals surface area contributed by atoms with Crippen LogP contribution in [0, 0.1) is 18.3 Å². The second-order valence-corrected chi connectivity index (χ2v) is 3.21. The van der Waals surface area contributed by atoms with Crippen molar-refractivity contribution in [3.63, 3.8) is 0 Å². The predicted octanol–water partition coefficient (Wildman–Crippen LogP) is 3.16. The van der Waals surface area contributed by atoms with Crippen molar-refractivity contribution in [1.29, 1.82) is 5.26 Å². The number of benzene rings is 1. The van der Waals surface area contributed by atoms with Crippen LogP contribution < -0.4 is 0 Å². The van der Waals surface area contributed by atoms with Crippen molar-refractivity contribution in [2.24, 2.45) is 0 Å². The Morgan fingerprint density at radius 1 is 1.54 bits per heavy atom. The molecule has 0 aliphatic carbocycles. The van der Waals surface area contributed by atoms with Crippen LogP contribution >= 0.6 is 0 Å². The summed E-state index contributed by atoms with van der Waals surface area (Å²) in [5, 5.41) is 8.82. The summed E-state index contributed by atoms with van der Waals surface area (Å²) in [6, 6.07) is 8.14. The number of nitriles is 1. The maximum atomic E-state index is 8.82. The molecular formula is C12H13N. The van der Waals surface area contributed by atoms with E-state index in [-0.39, 0.29) is 0 Å². The Morgan fingerprint density at radius 2 is 2.23 bits per heavy atom. The van der Waals surface area contributed by atoms with Crippen molar-refractivity contribution in [3.8, 4) is 6.07 Å². The van der Waals surface area contributed by atoms with Gasteiger partial charge in [-0.3, -0.25) is 0 Å². The molecule has 1 rings (SSSR count). The zero-order chi connectivity index (χ0) is 9.84. The van der Waals surface area contributed by atoms with E-state index in [4.69, 9.17) is 5.26 Å². The number of hydrogen-bond acceptors (Lipinski definition) is 1. The molecule has 0 spiro atoms. The van der Waals surface area contributed by atoms with E-state index in [1.54, 1.807) is 0 Å². The number of rotatable bonds is 2. The standard InChI is InChI=1S/C12H13N/c1-4-9(2)11-6-5-10(3)12(7-11)8-13/h4-7,9H,1H2,2-3H3. The van der Waals surface area contributed by atoms with Crippen molar-refractivity contribution >= 4 is 0 Å². The summed E-state index contributed by atoms with van der Waals surface area (Å²) < 4.78 is 0. The first-order valence-corrected chi connectivity index (χ1v) is 4.32. The van der Waals surface area contributed by atoms with E-state index < -0.39 is 0 Å². The molecule has 66 valence electrons. The molecule has 0 aliphatic rings. The van der Waals surface area contributed by atoms with Gasteiger partial charge in [0.1, 0.15) is 0 Å². The Kier molecular flexibility index (Phi) is 2.87. The summed E-state index contributed by atoms with van der Waals surface area (Å²) in [5.74, 6) is 0.313. The summed E-state index contributed by atoms with van der Waals surface area (Å²) in [6.45, 7) is 7.75. The van der Waals surface area contributed by atoms with Gasteiger partial charge >= 0.3 is 0 Å². The zero-order valence-corrected chi connectivity index (χ0v) is 8.04. The number of nitrogens with zero attached hydrogens (tertiary/aromatic N) is 1. The van der Waals surface area contributed by atoms with Crippen LogP contribution in [0.5, 0.6) is 0 Å². The average molecular weight is 171 g/mol. The topological polar surface area (TPSA) is 23.8 Å². The Morgan fingerprint density at radius 3 is 2.77 bits per heavy atom. The molecule has 1 aromatic rings. The van der Waals surface area contributed by atoms with E-state index in [1.165, 1.54) is 0 Å². The van der Waals surface area contributed by atoms with Crippen molar-refractivity contribution in [2.45, 2.75) is 19.8 Å². The molecule has 0 saturated heterocycles. The van der Waals surface area contributed by atoms with Gasteiger partial charge < -0.3 is 0 Å². The minimum Gasteiger partial charge on any atom is -0.192 e. The van der Waals surface area contributed by atoms with E-state index in [1.807, 2.05) is 31.2 Å². The molecule has 0 bridgehead atoms. The molecule has 0 aliphatic heterocycles. The van der Waals surface area contributed by atoms with Gasteiger partial charge in [-0.05, 0) is 30.0 Å². The lowest BCUT2D eigenvalue weighted by atomic mass is 9.97. The van der Waals surface area contributed by atoms with Crippen molar-refractivity contribution in [3.05, 3.63) is 47.5 Å². The fraction of sp³-hybridized carbons (Fsp3) is 0.250. The highest BCUT2D eigenvalue weighted by Gasteiger charge is 2.03. The third-order valence-electron chi connectivity index (χ3n) is 2.26. The molecule has 0 heterocycles. The van der Waals surface area contributed by atoms with Crippen molar-refractivity contribution < 1.29 is 0 Å². The van der Waals surface area contributed by atoms with Crippen LogP contribution in [0.4, 0.5) is 0 Å². The summed E-state index contributed by atoms with van der Waals surface area (Å²) in [6.07, 6.45) is 1.88. The van der Waals surface area contributed by atoms with E-state index in [9.17, 15) is 0 Å². The summed E-state index contributed by atoms with van der Waals surface area (Å²) >= 11 is 0. The minimum atomic E-state index is 0.313. The molecule has 0 N–H and O–H groups in total. The van der Waals surface area contributed by atoms with Gasteiger partial charge in [-0.15, -0.1) is 6.58 Å². The summed E-state index contributed by atoms with van der Waals surface area (Å²) in [4.78, 5) is 0. The predicted molar refractivity (Wildman–Crippen MR) is 54.5 cm³/mol. The monoisotopic (exact) mass is 171 g/mol. The van der Waals surface area contributed by atoms with Crippen LogP contribution in [0.25, 0.3) is 0 Å². The van der Waals surface area contributed by atoms with E-state index in [0.29, 0.717) is 5.92 Å². The van der Waals surface area contributed by atoms with E-state index >= 15 is 0 Å². The Hall–Kier alpha value is -1.55. The molecule has 0 radical (unpaired) electrons. The van der Waals surface area contributed by atoms with E-state index in [2.05, 4.69) is 19.6 Å². The average Bonchev–Trinajstić information content (AvgIpc) is 2.17. The largest absolute Gasteiger partial charge is 0.192 e. The molecule has 0 fully saturated rings. The van der Waals surface area contributed by atoms with Gasteiger partial charge in [0, 0.05) is 0 Å². The lowest BCUT2D eigenvalue weighted by molar-refractivity contribution is 0.968. The highest BCUT2D eigenvalue weighted by molar-refractivity contribution is 5.41. The molecule has 1 unspecified atom stereocenters. The molecule has 1 aromatic carbocycles. The Balaban J connectivity index is 3.15. The number of aryl methyl sites for hydroxylation is 1. The summed E-state index contributed by atoms with van der Waals surface area (Å²) in [5.41, 5.74) is 2.94. The molecular weight excluding hydrogens is 158 g/mol. The molecule has 0 amide bonds. The van der Waals surface area contributed by atoms with Gasteiger partial charge in [0.15, 0.2) is 0 Å². The Bertz CT molecular complexity index is 358. The normalized spacial score (nSPS) is 11.8. The van der Waals surface area contributed by atoms with Gasteiger partial charge in [-0.1, -0.05) is 25.1 Å². The maximum absolute atomic E-state index is 8.82. The molecule has 0 aromatic heterocycles. The second kappa shape index (κ2) is 3.91. The first kappa shape index (κ1) is 9.54. The van der Waals surface area contributed by atoms with Crippen LogP contribution in [-0.4, -0.2) is 0 Å². The third kappa shape index (κ3) is 1.97. The molecule has 1 heteroatoms. The smallest absolute Gasteiger partial charge is 0.0994 e. The first-order chi connectivity index (χ1) is 6.19. The van der Waals surface area contributed by atoms with Gasteiger partial charge in [0.05, 0.1) is 11.6 Å². The summed E-state index contributed by atoms with van der Waals surface area (Å²) in [7, 11) is 0. The van der Waals surface area contributed by atoms with Crippen LogP contribution in [0.15, 0.2) is 30.9 Å². The fourth-order valence-electron chi connectivity index (χ4n) is 1.18. The quantitative estimate of drug-likeness (QED) is 0.627. The number of allylic oxidation sites excluding steroid dienone is 1. The van der Waals surface area contributed by atoms with Crippen LogP contribution in [-0.2, 0) is 0 Å². The first-order valence-electron chi connectivity index (χ1n) is 4.32. The van der Waals surface area contributed by atoms with Crippen molar-refractivity contribution in [2.75, 3.05) is 0 Å².